The summed E-state index contributed by atoms with van der Waals surface area (Å²) in [5.74, 6) is 0.486. The van der Waals surface area contributed by atoms with E-state index in [-0.39, 0.29) is 41.5 Å². The molecule has 0 spiro atoms. The first-order valence-corrected chi connectivity index (χ1v) is 15.8. The van der Waals surface area contributed by atoms with Crippen LogP contribution in [0.1, 0.15) is 59.8 Å². The maximum absolute atomic E-state index is 14.2. The van der Waals surface area contributed by atoms with Gasteiger partial charge < -0.3 is 19.4 Å². The predicted octanol–water partition coefficient (Wildman–Crippen LogP) is 4.23. The van der Waals surface area contributed by atoms with Crippen LogP contribution >= 0.6 is 11.8 Å². The Morgan fingerprint density at radius 3 is 2.76 bits per heavy atom. The molecule has 0 N–H and O–H groups in total. The molecule has 0 bridgehead atoms. The lowest BCUT2D eigenvalue weighted by atomic mass is 9.98. The molecule has 2 aromatic rings. The number of nitrogens with zero attached hydrogens (tertiary/aromatic N) is 6. The van der Waals surface area contributed by atoms with Crippen molar-refractivity contribution in [3.8, 4) is 12.1 Å². The average molecular weight is 589 g/mol. The first-order chi connectivity index (χ1) is 20.3. The summed E-state index contributed by atoms with van der Waals surface area (Å²) in [7, 11) is 2.10. The van der Waals surface area contributed by atoms with Gasteiger partial charge in [0.1, 0.15) is 18.1 Å². The molecule has 1 amide bonds. The van der Waals surface area contributed by atoms with Gasteiger partial charge in [-0.3, -0.25) is 9.59 Å². The zero-order valence-corrected chi connectivity index (χ0v) is 25.7. The fourth-order valence-corrected chi connectivity index (χ4v) is 7.66. The first kappa shape index (κ1) is 30.1. The maximum Gasteiger partial charge on any atom is 0.319 e. The lowest BCUT2D eigenvalue weighted by Gasteiger charge is -2.41. The topological polar surface area (TPSA) is 103 Å². The van der Waals surface area contributed by atoms with Crippen molar-refractivity contribution in [3.63, 3.8) is 0 Å². The van der Waals surface area contributed by atoms with Crippen LogP contribution in [0.4, 0.5) is 5.82 Å². The van der Waals surface area contributed by atoms with E-state index in [0.717, 1.165) is 42.7 Å². The Kier molecular flexibility index (Phi) is 9.49. The van der Waals surface area contributed by atoms with Crippen molar-refractivity contribution in [1.82, 2.24) is 19.8 Å². The number of amides is 1. The van der Waals surface area contributed by atoms with Crippen molar-refractivity contribution in [2.24, 2.45) is 0 Å². The van der Waals surface area contributed by atoms with Crippen molar-refractivity contribution < 1.29 is 14.3 Å². The van der Waals surface area contributed by atoms with Gasteiger partial charge in [-0.1, -0.05) is 25.6 Å². The van der Waals surface area contributed by atoms with Crippen molar-refractivity contribution in [2.75, 3.05) is 44.7 Å². The molecule has 3 aliphatic heterocycles. The maximum atomic E-state index is 14.2. The highest BCUT2D eigenvalue weighted by Crippen LogP contribution is 2.39. The summed E-state index contributed by atoms with van der Waals surface area (Å²) in [6.07, 6.45) is 5.86. The van der Waals surface area contributed by atoms with Crippen LogP contribution in [0, 0.1) is 18.3 Å². The molecule has 3 atom stereocenters. The van der Waals surface area contributed by atoms with Gasteiger partial charge in [0.2, 0.25) is 5.91 Å². The smallest absolute Gasteiger partial charge is 0.319 e. The number of rotatable bonds is 9. The Bertz CT molecular complexity index is 1390. The number of ether oxygens (including phenoxy) is 1. The number of aromatic nitrogens is 2. The number of thioether (sulfide) groups is 1. The number of fused-ring (bicyclic) bond motifs is 1. The number of anilines is 1. The second-order valence-electron chi connectivity index (χ2n) is 11.4. The van der Waals surface area contributed by atoms with Gasteiger partial charge in [0.05, 0.1) is 23.8 Å². The van der Waals surface area contributed by atoms with Crippen LogP contribution in [-0.2, 0) is 17.6 Å². The minimum atomic E-state index is -0.307. The minimum absolute atomic E-state index is 0.00420. The fourth-order valence-electron chi connectivity index (χ4n) is 6.33. The van der Waals surface area contributed by atoms with Crippen LogP contribution in [0.15, 0.2) is 35.7 Å². The second-order valence-corrected chi connectivity index (χ2v) is 12.6. The SMILES string of the molecule is C=CC(=O)N1CCN(c2nc(OCC3CCCN3C)nc(C(=O)[C@H]3CCc4c(C)cccc4S3)c2CC)CC1CC#N. The molecule has 1 aromatic heterocycles. The number of likely N-dealkylation sites (N-methyl/N-ethyl adjacent to an activating group) is 1. The Hall–Kier alpha value is -3.42. The zero-order valence-electron chi connectivity index (χ0n) is 24.8. The molecule has 0 saturated carbocycles. The molecule has 222 valence electrons. The molecule has 10 heteroatoms. The monoisotopic (exact) mass is 588 g/mol. The number of benzene rings is 1. The van der Waals surface area contributed by atoms with E-state index < -0.39 is 0 Å². The number of hydrogen-bond donors (Lipinski definition) is 0. The molecular weight excluding hydrogens is 548 g/mol. The van der Waals surface area contributed by atoms with Crippen molar-refractivity contribution in [1.29, 1.82) is 5.26 Å². The molecule has 5 rings (SSSR count). The van der Waals surface area contributed by atoms with E-state index in [1.807, 2.05) is 6.92 Å². The van der Waals surface area contributed by atoms with E-state index in [9.17, 15) is 14.9 Å². The Labute approximate surface area is 252 Å². The standard InChI is InChI=1S/C32H40N6O3S/c1-5-24-29(30(40)27-13-12-25-21(3)9-7-11-26(25)42-27)34-32(41-20-23-10-8-16-36(23)4)35-31(24)37-17-18-38(28(39)6-2)22(19-37)14-15-33/h6-7,9,11,22-23,27H,2,5,8,10,12-14,16-20H2,1,3-4H3/t22?,23?,27-/m1/s1. The predicted molar refractivity (Wildman–Crippen MR) is 164 cm³/mol. The summed E-state index contributed by atoms with van der Waals surface area (Å²) >= 11 is 1.63. The van der Waals surface area contributed by atoms with Crippen molar-refractivity contribution in [3.05, 3.63) is 53.2 Å². The highest BCUT2D eigenvalue weighted by molar-refractivity contribution is 8.00. The number of carbonyl (C=O) groups is 2. The van der Waals surface area contributed by atoms with Gasteiger partial charge in [0.15, 0.2) is 5.78 Å². The molecule has 0 aliphatic carbocycles. The number of piperazine rings is 1. The Balaban J connectivity index is 1.49. The van der Waals surface area contributed by atoms with Gasteiger partial charge in [0, 0.05) is 36.1 Å². The third-order valence-corrected chi connectivity index (χ3v) is 10.2. The van der Waals surface area contributed by atoms with Gasteiger partial charge in [-0.15, -0.1) is 11.8 Å². The summed E-state index contributed by atoms with van der Waals surface area (Å²) in [5.41, 5.74) is 3.80. The van der Waals surface area contributed by atoms with Gasteiger partial charge in [0.25, 0.3) is 0 Å². The van der Waals surface area contributed by atoms with E-state index in [0.29, 0.717) is 44.2 Å². The van der Waals surface area contributed by atoms with E-state index >= 15 is 0 Å². The number of likely N-dealkylation sites (tertiary alicyclic amines) is 1. The van der Waals surface area contributed by atoms with Crippen LogP contribution in [-0.4, -0.2) is 88.6 Å². The van der Waals surface area contributed by atoms with E-state index in [1.54, 1.807) is 16.7 Å². The fraction of sp³-hybridized carbons (Fsp3) is 0.531. The highest BCUT2D eigenvalue weighted by Gasteiger charge is 2.35. The van der Waals surface area contributed by atoms with Crippen molar-refractivity contribution >= 4 is 29.3 Å². The lowest BCUT2D eigenvalue weighted by molar-refractivity contribution is -0.128. The summed E-state index contributed by atoms with van der Waals surface area (Å²) < 4.78 is 6.21. The molecule has 0 radical (unpaired) electrons. The van der Waals surface area contributed by atoms with E-state index in [1.165, 1.54) is 17.2 Å². The molecule has 3 aliphatic rings. The van der Waals surface area contributed by atoms with Crippen LogP contribution in [0.25, 0.3) is 0 Å². The first-order valence-electron chi connectivity index (χ1n) is 14.9. The van der Waals surface area contributed by atoms with Gasteiger partial charge in [-0.25, -0.2) is 0 Å². The molecular formula is C32H40N6O3S. The largest absolute Gasteiger partial charge is 0.462 e. The number of Topliss-reactive ketones (excluding diaryl/α,β-unsaturated/α-hetero) is 1. The highest BCUT2D eigenvalue weighted by atomic mass is 32.2. The molecule has 2 unspecified atom stereocenters. The van der Waals surface area contributed by atoms with Gasteiger partial charge in [-0.2, -0.15) is 15.2 Å². The summed E-state index contributed by atoms with van der Waals surface area (Å²) in [4.78, 5) is 43.6. The van der Waals surface area contributed by atoms with Crippen LogP contribution in [0.2, 0.25) is 0 Å². The Morgan fingerprint density at radius 2 is 2.05 bits per heavy atom. The van der Waals surface area contributed by atoms with E-state index in [2.05, 4.69) is 54.6 Å². The molecule has 2 saturated heterocycles. The quantitative estimate of drug-likeness (QED) is 0.315. The molecule has 2 fully saturated rings. The van der Waals surface area contributed by atoms with Gasteiger partial charge in [-0.05, 0) is 75.9 Å². The number of aryl methyl sites for hydroxylation is 1. The van der Waals surface area contributed by atoms with Crippen LogP contribution < -0.4 is 9.64 Å². The number of carbonyl (C=O) groups excluding carboxylic acids is 2. The molecule has 4 heterocycles. The molecule has 42 heavy (non-hydrogen) atoms. The summed E-state index contributed by atoms with van der Waals surface area (Å²) in [5, 5.41) is 9.27. The third-order valence-electron chi connectivity index (χ3n) is 8.78. The molecule has 9 nitrogen and oxygen atoms in total. The summed E-state index contributed by atoms with van der Waals surface area (Å²) in [6, 6.07) is 8.69. The van der Waals surface area contributed by atoms with E-state index in [4.69, 9.17) is 14.7 Å². The third kappa shape index (κ3) is 6.18. The lowest BCUT2D eigenvalue weighted by Crippen LogP contribution is -2.55. The zero-order chi connectivity index (χ0) is 29.8. The van der Waals surface area contributed by atoms with Crippen molar-refractivity contribution in [2.45, 2.75) is 74.6 Å². The number of hydrogen-bond acceptors (Lipinski definition) is 9. The number of ketones is 1. The number of nitriles is 1. The van der Waals surface area contributed by atoms with Gasteiger partial charge >= 0.3 is 6.01 Å². The summed E-state index contributed by atoms with van der Waals surface area (Å²) in [6.45, 7) is 10.7. The van der Waals surface area contributed by atoms with Crippen LogP contribution in [0.3, 0.4) is 0 Å². The second kappa shape index (κ2) is 13.3. The molecule has 1 aromatic carbocycles. The van der Waals surface area contributed by atoms with Crippen LogP contribution in [0.5, 0.6) is 6.01 Å². The normalized spacial score (nSPS) is 22.4. The average Bonchev–Trinajstić information content (AvgIpc) is 3.43. The Morgan fingerprint density at radius 1 is 1.21 bits per heavy atom. The minimum Gasteiger partial charge on any atom is -0.462 e.